The van der Waals surface area contributed by atoms with Crippen LogP contribution in [0.3, 0.4) is 0 Å². The highest BCUT2D eigenvalue weighted by molar-refractivity contribution is 5.73. The lowest BCUT2D eigenvalue weighted by molar-refractivity contribution is -0.133. The fourth-order valence-electron chi connectivity index (χ4n) is 2.13. The second-order valence-corrected chi connectivity index (χ2v) is 5.69. The van der Waals surface area contributed by atoms with Crippen LogP contribution >= 0.6 is 0 Å². The Kier molecular flexibility index (Phi) is 4.14. The molecule has 0 aromatic rings. The van der Waals surface area contributed by atoms with Gasteiger partial charge in [-0.2, -0.15) is 0 Å². The first-order chi connectivity index (χ1) is 6.90. The predicted molar refractivity (Wildman–Crippen MR) is 62.7 cm³/mol. The highest BCUT2D eigenvalue weighted by atomic mass is 16.2. The van der Waals surface area contributed by atoms with Gasteiger partial charge in [-0.15, -0.1) is 0 Å². The summed E-state index contributed by atoms with van der Waals surface area (Å²) in [5.74, 6) is 0.219. The Hall–Kier alpha value is -0.570. The molecule has 0 spiro atoms. The zero-order chi connectivity index (χ0) is 11.5. The van der Waals surface area contributed by atoms with Crippen molar-refractivity contribution in [3.8, 4) is 0 Å². The summed E-state index contributed by atoms with van der Waals surface area (Å²) in [4.78, 5) is 13.7. The zero-order valence-electron chi connectivity index (χ0n) is 10.5. The maximum Gasteiger partial charge on any atom is 0.219 e. The molecule has 0 unspecified atom stereocenters. The number of hydrogen-bond donors (Lipinski definition) is 1. The molecule has 1 aliphatic rings. The smallest absolute Gasteiger partial charge is 0.219 e. The van der Waals surface area contributed by atoms with Gasteiger partial charge in [-0.25, -0.2) is 0 Å². The lowest BCUT2D eigenvalue weighted by Gasteiger charge is -2.38. The molecule has 1 fully saturated rings. The minimum absolute atomic E-state index is 0.191. The van der Waals surface area contributed by atoms with Crippen molar-refractivity contribution in [2.24, 2.45) is 5.41 Å². The molecule has 0 bridgehead atoms. The Bertz CT molecular complexity index is 214. The molecule has 1 aliphatic heterocycles. The molecule has 1 amide bonds. The largest absolute Gasteiger partial charge is 0.339 e. The van der Waals surface area contributed by atoms with Crippen molar-refractivity contribution in [2.45, 2.75) is 46.6 Å². The number of hydrogen-bond acceptors (Lipinski definition) is 2. The fraction of sp³-hybridized carbons (Fsp3) is 0.917. The van der Waals surface area contributed by atoms with Crippen molar-refractivity contribution in [3.63, 3.8) is 0 Å². The molecule has 1 rings (SSSR count). The van der Waals surface area contributed by atoms with Crippen LogP contribution in [-0.4, -0.2) is 36.5 Å². The molecular formula is C12H24N2O. The Labute approximate surface area is 93.2 Å². The molecule has 0 saturated carbocycles. The first-order valence-electron chi connectivity index (χ1n) is 5.88. The van der Waals surface area contributed by atoms with E-state index in [1.165, 1.54) is 0 Å². The Morgan fingerprint density at radius 2 is 1.87 bits per heavy atom. The lowest BCUT2D eigenvalue weighted by Crippen LogP contribution is -2.48. The van der Waals surface area contributed by atoms with Crippen molar-refractivity contribution < 1.29 is 4.79 Å². The lowest BCUT2D eigenvalue weighted by atomic mass is 9.93. The summed E-state index contributed by atoms with van der Waals surface area (Å²) in [5, 5.41) is 3.33. The van der Waals surface area contributed by atoms with Gasteiger partial charge in [0.2, 0.25) is 5.91 Å². The second-order valence-electron chi connectivity index (χ2n) is 5.69. The molecule has 1 heterocycles. The SMILES string of the molecule is CC(=O)N(CC(C)(C)C)C1CCNCC1. The molecule has 0 aliphatic carbocycles. The number of nitrogens with one attached hydrogen (secondary N) is 1. The number of carbonyl (C=O) groups excluding carboxylic acids is 1. The number of amides is 1. The molecular weight excluding hydrogens is 188 g/mol. The second kappa shape index (κ2) is 4.97. The third-order valence-corrected chi connectivity index (χ3v) is 2.80. The van der Waals surface area contributed by atoms with Crippen molar-refractivity contribution in [2.75, 3.05) is 19.6 Å². The normalized spacial score (nSPS) is 18.9. The van der Waals surface area contributed by atoms with Crippen LogP contribution in [0, 0.1) is 5.41 Å². The number of piperidine rings is 1. The van der Waals surface area contributed by atoms with Gasteiger partial charge in [-0.3, -0.25) is 4.79 Å². The van der Waals surface area contributed by atoms with Gasteiger partial charge in [-0.05, 0) is 31.3 Å². The van der Waals surface area contributed by atoms with E-state index in [9.17, 15) is 4.79 Å². The molecule has 1 saturated heterocycles. The molecule has 1 N–H and O–H groups in total. The number of rotatable bonds is 2. The van der Waals surface area contributed by atoms with Gasteiger partial charge in [0.1, 0.15) is 0 Å². The maximum absolute atomic E-state index is 11.6. The van der Waals surface area contributed by atoms with Crippen LogP contribution < -0.4 is 5.32 Å². The van der Waals surface area contributed by atoms with Gasteiger partial charge in [0, 0.05) is 19.5 Å². The average molecular weight is 212 g/mol. The van der Waals surface area contributed by atoms with E-state index in [4.69, 9.17) is 0 Å². The zero-order valence-corrected chi connectivity index (χ0v) is 10.5. The summed E-state index contributed by atoms with van der Waals surface area (Å²) in [5.41, 5.74) is 0.191. The average Bonchev–Trinajstić information content (AvgIpc) is 2.14. The molecule has 0 aromatic heterocycles. The molecule has 15 heavy (non-hydrogen) atoms. The van der Waals surface area contributed by atoms with Crippen LogP contribution in [0.2, 0.25) is 0 Å². The first-order valence-corrected chi connectivity index (χ1v) is 5.88. The molecule has 0 atom stereocenters. The summed E-state index contributed by atoms with van der Waals surface area (Å²) in [6.45, 7) is 11.2. The van der Waals surface area contributed by atoms with E-state index in [2.05, 4.69) is 31.0 Å². The van der Waals surface area contributed by atoms with E-state index in [1.807, 2.05) is 0 Å². The standard InChI is InChI=1S/C12H24N2O/c1-10(15)14(9-12(2,3)4)11-5-7-13-8-6-11/h11,13H,5-9H2,1-4H3. The van der Waals surface area contributed by atoms with Crippen LogP contribution in [-0.2, 0) is 4.79 Å². The van der Waals surface area contributed by atoms with Crippen LogP contribution in [0.1, 0.15) is 40.5 Å². The first kappa shape index (κ1) is 12.5. The van der Waals surface area contributed by atoms with Crippen LogP contribution in [0.5, 0.6) is 0 Å². The number of nitrogens with zero attached hydrogens (tertiary/aromatic N) is 1. The van der Waals surface area contributed by atoms with Gasteiger partial charge in [0.15, 0.2) is 0 Å². The van der Waals surface area contributed by atoms with Gasteiger partial charge in [0.05, 0.1) is 0 Å². The van der Waals surface area contributed by atoms with E-state index >= 15 is 0 Å². The Morgan fingerprint density at radius 1 is 1.33 bits per heavy atom. The third-order valence-electron chi connectivity index (χ3n) is 2.80. The van der Waals surface area contributed by atoms with Gasteiger partial charge < -0.3 is 10.2 Å². The van der Waals surface area contributed by atoms with E-state index in [1.54, 1.807) is 6.92 Å². The maximum atomic E-state index is 11.6. The Balaban J connectivity index is 2.60. The molecule has 3 nitrogen and oxygen atoms in total. The summed E-state index contributed by atoms with van der Waals surface area (Å²) in [6.07, 6.45) is 2.19. The molecule has 0 aromatic carbocycles. The molecule has 88 valence electrons. The van der Waals surface area contributed by atoms with Crippen LogP contribution in [0.15, 0.2) is 0 Å². The summed E-state index contributed by atoms with van der Waals surface area (Å²) < 4.78 is 0. The fourth-order valence-corrected chi connectivity index (χ4v) is 2.13. The van der Waals surface area contributed by atoms with Gasteiger partial charge in [0.25, 0.3) is 0 Å². The topological polar surface area (TPSA) is 32.3 Å². The van der Waals surface area contributed by atoms with Crippen molar-refractivity contribution >= 4 is 5.91 Å². The summed E-state index contributed by atoms with van der Waals surface area (Å²) >= 11 is 0. The van der Waals surface area contributed by atoms with Crippen LogP contribution in [0.4, 0.5) is 0 Å². The highest BCUT2D eigenvalue weighted by Gasteiger charge is 2.26. The minimum Gasteiger partial charge on any atom is -0.339 e. The number of carbonyl (C=O) groups is 1. The van der Waals surface area contributed by atoms with Gasteiger partial charge in [-0.1, -0.05) is 20.8 Å². The summed E-state index contributed by atoms with van der Waals surface area (Å²) in [7, 11) is 0. The van der Waals surface area contributed by atoms with E-state index in [0.29, 0.717) is 6.04 Å². The Morgan fingerprint density at radius 3 is 2.27 bits per heavy atom. The van der Waals surface area contributed by atoms with E-state index < -0.39 is 0 Å². The minimum atomic E-state index is 0.191. The van der Waals surface area contributed by atoms with Gasteiger partial charge >= 0.3 is 0 Å². The van der Waals surface area contributed by atoms with Crippen molar-refractivity contribution in [1.82, 2.24) is 10.2 Å². The molecule has 3 heteroatoms. The van der Waals surface area contributed by atoms with E-state index in [0.717, 1.165) is 32.5 Å². The third kappa shape index (κ3) is 4.20. The van der Waals surface area contributed by atoms with Crippen LogP contribution in [0.25, 0.3) is 0 Å². The summed E-state index contributed by atoms with van der Waals surface area (Å²) in [6, 6.07) is 0.447. The monoisotopic (exact) mass is 212 g/mol. The van der Waals surface area contributed by atoms with Crippen molar-refractivity contribution in [3.05, 3.63) is 0 Å². The quantitative estimate of drug-likeness (QED) is 0.754. The highest BCUT2D eigenvalue weighted by Crippen LogP contribution is 2.20. The van der Waals surface area contributed by atoms with Crippen molar-refractivity contribution in [1.29, 1.82) is 0 Å². The molecule has 0 radical (unpaired) electrons. The predicted octanol–water partition coefficient (Wildman–Crippen LogP) is 1.63. The van der Waals surface area contributed by atoms with E-state index in [-0.39, 0.29) is 11.3 Å².